The van der Waals surface area contributed by atoms with Crippen LogP contribution in [0, 0.1) is 5.92 Å². The largest absolute Gasteiger partial charge is 0.321 e. The third kappa shape index (κ3) is 10.4. The number of thiophene rings is 2. The second kappa shape index (κ2) is 20.7. The maximum Gasteiger partial charge on any atom is 0.265 e. The molecular formula is C42H45Cl2IN6O6S2. The van der Waals surface area contributed by atoms with Gasteiger partial charge in [0.25, 0.3) is 35.4 Å². The number of piperidine rings is 2. The van der Waals surface area contributed by atoms with Crippen LogP contribution in [0.4, 0.5) is 11.4 Å². The van der Waals surface area contributed by atoms with Crippen molar-refractivity contribution in [2.45, 2.75) is 52.0 Å². The van der Waals surface area contributed by atoms with Gasteiger partial charge in [-0.15, -0.1) is 22.7 Å². The van der Waals surface area contributed by atoms with Crippen molar-refractivity contribution in [3.8, 4) is 0 Å². The van der Waals surface area contributed by atoms with Crippen LogP contribution in [0.3, 0.4) is 0 Å². The molecule has 6 heterocycles. The van der Waals surface area contributed by atoms with Gasteiger partial charge in [-0.1, -0.05) is 71.8 Å². The topological polar surface area (TPSA) is 148 Å². The number of anilines is 2. The molecule has 312 valence electrons. The summed E-state index contributed by atoms with van der Waals surface area (Å²) < 4.78 is 2.25. The molecule has 4 aliphatic heterocycles. The number of nitrogens with one attached hydrogen (secondary N) is 3. The average molecular weight is 992 g/mol. The van der Waals surface area contributed by atoms with Gasteiger partial charge < -0.3 is 20.9 Å². The Hall–Kier alpha value is -3.71. The lowest BCUT2D eigenvalue weighted by Crippen LogP contribution is -2.45. The normalized spacial score (nSPS) is 16.9. The Balaban J connectivity index is 0.000000188. The standard InChI is InChI=1S/C22H24ClN3O3S.C18H16ClN3O3S.C2H5I/c1-2-25-11-8-14(9-12-25)10-13-26-21(28)15-4-3-5-16(19(15)22(26)29)24-20(27)17-6-7-18(23)30-17;19-14-5-4-13(26-14)16(23)21-12-3-1-2-11-15(12)18(25)22(17(11)24)10-6-8-20-9-7-10;1-2-3/h3-7,14H,2,8-13H2,1H3,(H,24,27);1-5,10,20H,6-9H2,(H,21,23);2H2,1H3. The number of carbonyl (C=O) groups is 6. The summed E-state index contributed by atoms with van der Waals surface area (Å²) in [4.78, 5) is 82.6. The molecule has 0 spiro atoms. The summed E-state index contributed by atoms with van der Waals surface area (Å²) in [5, 5.41) is 8.75. The Labute approximate surface area is 375 Å². The van der Waals surface area contributed by atoms with Crippen LogP contribution in [0.15, 0.2) is 60.7 Å². The number of hydrogen-bond acceptors (Lipinski definition) is 10. The Kier molecular flexibility index (Phi) is 15.7. The van der Waals surface area contributed by atoms with E-state index in [4.69, 9.17) is 23.2 Å². The predicted molar refractivity (Wildman–Crippen MR) is 243 cm³/mol. The molecular weight excluding hydrogens is 946 g/mol. The minimum Gasteiger partial charge on any atom is -0.321 e. The van der Waals surface area contributed by atoms with Gasteiger partial charge in [0.1, 0.15) is 0 Å². The number of likely N-dealkylation sites (tertiary alicyclic amines) is 1. The summed E-state index contributed by atoms with van der Waals surface area (Å²) in [6.45, 7) is 9.47. The highest BCUT2D eigenvalue weighted by molar-refractivity contribution is 14.1. The number of rotatable bonds is 9. The van der Waals surface area contributed by atoms with Gasteiger partial charge in [0.05, 0.1) is 52.1 Å². The number of benzene rings is 2. The van der Waals surface area contributed by atoms with Crippen LogP contribution < -0.4 is 16.0 Å². The van der Waals surface area contributed by atoms with Crippen molar-refractivity contribution in [1.29, 1.82) is 0 Å². The van der Waals surface area contributed by atoms with Crippen molar-refractivity contribution < 1.29 is 28.8 Å². The van der Waals surface area contributed by atoms with Gasteiger partial charge in [-0.2, -0.15) is 0 Å². The summed E-state index contributed by atoms with van der Waals surface area (Å²) in [6, 6.07) is 16.4. The number of amides is 6. The first-order valence-corrected chi connectivity index (χ1v) is 23.5. The molecule has 12 nitrogen and oxygen atoms in total. The molecule has 0 bridgehead atoms. The van der Waals surface area contributed by atoms with Crippen LogP contribution in [0.5, 0.6) is 0 Å². The first kappa shape index (κ1) is 44.8. The molecule has 17 heteroatoms. The highest BCUT2D eigenvalue weighted by atomic mass is 127. The smallest absolute Gasteiger partial charge is 0.265 e. The number of carbonyl (C=O) groups excluding carboxylic acids is 6. The van der Waals surface area contributed by atoms with Crippen molar-refractivity contribution in [3.63, 3.8) is 0 Å². The van der Waals surface area contributed by atoms with E-state index < -0.39 is 0 Å². The van der Waals surface area contributed by atoms with E-state index in [1.165, 1.54) is 14.2 Å². The van der Waals surface area contributed by atoms with Crippen LogP contribution in [-0.2, 0) is 0 Å². The highest BCUT2D eigenvalue weighted by Gasteiger charge is 2.42. The second-order valence-corrected chi connectivity index (χ2v) is 19.2. The van der Waals surface area contributed by atoms with Gasteiger partial charge in [-0.3, -0.25) is 38.6 Å². The van der Waals surface area contributed by atoms with Crippen LogP contribution in [-0.4, -0.2) is 99.9 Å². The number of imide groups is 2. The molecule has 4 aliphatic rings. The van der Waals surface area contributed by atoms with Crippen molar-refractivity contribution in [2.24, 2.45) is 5.92 Å². The molecule has 0 atom stereocenters. The summed E-state index contributed by atoms with van der Waals surface area (Å²) in [5.74, 6) is -1.40. The van der Waals surface area contributed by atoms with Crippen molar-refractivity contribution in [3.05, 3.63) is 101 Å². The van der Waals surface area contributed by atoms with Crippen LogP contribution in [0.2, 0.25) is 8.67 Å². The third-order valence-electron chi connectivity index (χ3n) is 10.6. The monoisotopic (exact) mass is 990 g/mol. The molecule has 2 aromatic heterocycles. The second-order valence-electron chi connectivity index (χ2n) is 14.2. The van der Waals surface area contributed by atoms with Gasteiger partial charge in [0.2, 0.25) is 0 Å². The van der Waals surface area contributed by atoms with Crippen LogP contribution >= 0.6 is 68.5 Å². The van der Waals surface area contributed by atoms with E-state index in [2.05, 4.69) is 57.3 Å². The Morgan fingerprint density at radius 2 is 1.24 bits per heavy atom. The molecule has 4 aromatic rings. The molecule has 2 saturated heterocycles. The first-order chi connectivity index (χ1) is 28.4. The average Bonchev–Trinajstić information content (AvgIpc) is 4.00. The Bertz CT molecular complexity index is 2220. The number of hydrogen-bond donors (Lipinski definition) is 3. The molecule has 2 fully saturated rings. The van der Waals surface area contributed by atoms with E-state index in [9.17, 15) is 28.8 Å². The molecule has 0 radical (unpaired) electrons. The van der Waals surface area contributed by atoms with Crippen molar-refractivity contribution in [1.82, 2.24) is 20.0 Å². The number of nitrogens with zero attached hydrogens (tertiary/aromatic N) is 3. The Morgan fingerprint density at radius 3 is 1.73 bits per heavy atom. The van der Waals surface area contributed by atoms with Gasteiger partial charge in [-0.05, 0) is 124 Å². The van der Waals surface area contributed by atoms with Crippen LogP contribution in [0.1, 0.15) is 107 Å². The molecule has 59 heavy (non-hydrogen) atoms. The zero-order valence-corrected chi connectivity index (χ0v) is 38.0. The highest BCUT2D eigenvalue weighted by Crippen LogP contribution is 2.34. The SMILES string of the molecule is CCI.CCN1CCC(CCN2C(=O)c3cccc(NC(=O)c4ccc(Cl)s4)c3C2=O)CC1.O=C(Nc1cccc2c1C(=O)N(C1CCNCC1)C2=O)c1ccc(Cl)s1. The maximum absolute atomic E-state index is 13.0. The molecule has 0 aliphatic carbocycles. The number of halogens is 3. The molecule has 2 aromatic carbocycles. The van der Waals surface area contributed by atoms with E-state index >= 15 is 0 Å². The fraction of sp³-hybridized carbons (Fsp3) is 0.381. The summed E-state index contributed by atoms with van der Waals surface area (Å²) in [5.41, 5.74) is 1.95. The molecule has 3 N–H and O–H groups in total. The van der Waals surface area contributed by atoms with Crippen LogP contribution in [0.25, 0.3) is 0 Å². The van der Waals surface area contributed by atoms with E-state index in [0.29, 0.717) is 53.4 Å². The summed E-state index contributed by atoms with van der Waals surface area (Å²) >= 11 is 16.4. The van der Waals surface area contributed by atoms with E-state index in [0.717, 1.165) is 87.5 Å². The molecule has 6 amide bonds. The molecule has 8 rings (SSSR count). The fourth-order valence-corrected chi connectivity index (χ4v) is 9.47. The Morgan fingerprint density at radius 1 is 0.729 bits per heavy atom. The van der Waals surface area contributed by atoms with Gasteiger partial charge in [0.15, 0.2) is 0 Å². The van der Waals surface area contributed by atoms with E-state index in [1.54, 1.807) is 60.7 Å². The van der Waals surface area contributed by atoms with Gasteiger partial charge in [-0.25, -0.2) is 0 Å². The lowest BCUT2D eigenvalue weighted by molar-refractivity contribution is 0.0553. The lowest BCUT2D eigenvalue weighted by Gasteiger charge is -2.31. The molecule has 0 saturated carbocycles. The number of fused-ring (bicyclic) bond motifs is 2. The fourth-order valence-electron chi connectivity index (χ4n) is 7.59. The third-order valence-corrected chi connectivity index (χ3v) is 13.1. The first-order valence-electron chi connectivity index (χ1n) is 19.6. The predicted octanol–water partition coefficient (Wildman–Crippen LogP) is 8.81. The minimum atomic E-state index is -0.351. The van der Waals surface area contributed by atoms with E-state index in [-0.39, 0.29) is 52.6 Å². The van der Waals surface area contributed by atoms with Gasteiger partial charge in [0, 0.05) is 12.6 Å². The van der Waals surface area contributed by atoms with Crippen molar-refractivity contribution >= 4 is 115 Å². The van der Waals surface area contributed by atoms with Crippen molar-refractivity contribution in [2.75, 3.05) is 54.3 Å². The maximum atomic E-state index is 13.0. The zero-order chi connectivity index (χ0) is 42.2. The minimum absolute atomic E-state index is 0.108. The zero-order valence-electron chi connectivity index (χ0n) is 32.7. The van der Waals surface area contributed by atoms with E-state index in [1.807, 2.05) is 0 Å². The lowest BCUT2D eigenvalue weighted by atomic mass is 9.93. The summed E-state index contributed by atoms with van der Waals surface area (Å²) in [7, 11) is 0. The molecule has 0 unspecified atom stereocenters. The van der Waals surface area contributed by atoms with Gasteiger partial charge >= 0.3 is 0 Å². The number of alkyl halides is 1. The quantitative estimate of drug-likeness (QED) is 0.0857. The summed E-state index contributed by atoms with van der Waals surface area (Å²) in [6.07, 6.45) is 4.49.